The fourth-order valence-corrected chi connectivity index (χ4v) is 2.48. The predicted molar refractivity (Wildman–Crippen MR) is 78.6 cm³/mol. The molecule has 4 N–H and O–H groups in total. The van der Waals surface area contributed by atoms with Gasteiger partial charge in [-0.25, -0.2) is 0 Å². The number of hydrogen-bond donors (Lipinski definition) is 2. The first kappa shape index (κ1) is 11.1. The van der Waals surface area contributed by atoms with E-state index in [1.807, 2.05) is 12.1 Å². The molecule has 3 rings (SSSR count). The quantitative estimate of drug-likeness (QED) is 0.530. The lowest BCUT2D eigenvalue weighted by Crippen LogP contribution is -2.02. The second kappa shape index (κ2) is 4.31. The van der Waals surface area contributed by atoms with Crippen molar-refractivity contribution >= 4 is 27.2 Å². The van der Waals surface area contributed by atoms with Crippen LogP contribution in [0.15, 0.2) is 48.5 Å². The van der Waals surface area contributed by atoms with Crippen LogP contribution in [-0.2, 0) is 6.42 Å². The largest absolute Gasteiger partial charge is 0.399 e. The maximum Gasteiger partial charge on any atom is 0.0320 e. The minimum atomic E-state index is 0.679. The van der Waals surface area contributed by atoms with Crippen molar-refractivity contribution < 1.29 is 0 Å². The van der Waals surface area contributed by atoms with E-state index in [0.29, 0.717) is 6.54 Å². The van der Waals surface area contributed by atoms with Crippen LogP contribution in [0.5, 0.6) is 0 Å². The molecule has 0 aliphatic heterocycles. The van der Waals surface area contributed by atoms with Crippen LogP contribution in [0, 0.1) is 0 Å². The predicted octanol–water partition coefficient (Wildman–Crippen LogP) is 3.08. The summed E-state index contributed by atoms with van der Waals surface area (Å²) >= 11 is 0. The minimum Gasteiger partial charge on any atom is -0.399 e. The van der Waals surface area contributed by atoms with E-state index in [1.165, 1.54) is 27.1 Å². The van der Waals surface area contributed by atoms with E-state index in [2.05, 4.69) is 36.4 Å². The second-order valence-corrected chi connectivity index (χ2v) is 4.64. The molecule has 0 amide bonds. The molecule has 2 heteroatoms. The Morgan fingerprint density at radius 3 is 2.56 bits per heavy atom. The summed E-state index contributed by atoms with van der Waals surface area (Å²) in [5.74, 6) is 0. The molecule has 0 saturated heterocycles. The van der Waals surface area contributed by atoms with Gasteiger partial charge in [-0.1, -0.05) is 24.3 Å². The van der Waals surface area contributed by atoms with Crippen LogP contribution < -0.4 is 11.5 Å². The van der Waals surface area contributed by atoms with E-state index in [4.69, 9.17) is 11.5 Å². The number of rotatable bonds is 2. The lowest BCUT2D eigenvalue weighted by molar-refractivity contribution is 0.977. The average molecular weight is 236 g/mol. The number of benzene rings is 3. The second-order valence-electron chi connectivity index (χ2n) is 4.64. The van der Waals surface area contributed by atoms with Gasteiger partial charge in [-0.2, -0.15) is 0 Å². The number of nitrogens with two attached hydrogens (primary N) is 2. The van der Waals surface area contributed by atoms with Crippen LogP contribution in [0.3, 0.4) is 0 Å². The van der Waals surface area contributed by atoms with E-state index in [1.54, 1.807) is 0 Å². The van der Waals surface area contributed by atoms with Gasteiger partial charge in [-0.05, 0) is 64.3 Å². The molecule has 0 bridgehead atoms. The molecule has 0 aromatic heterocycles. The van der Waals surface area contributed by atoms with Gasteiger partial charge in [-0.15, -0.1) is 0 Å². The van der Waals surface area contributed by atoms with Crippen molar-refractivity contribution in [3.63, 3.8) is 0 Å². The maximum atomic E-state index is 5.83. The van der Waals surface area contributed by atoms with Crippen molar-refractivity contribution in [1.82, 2.24) is 0 Å². The third kappa shape index (κ3) is 1.81. The van der Waals surface area contributed by atoms with Crippen LogP contribution in [0.4, 0.5) is 5.69 Å². The summed E-state index contributed by atoms with van der Waals surface area (Å²) in [7, 11) is 0. The maximum absolute atomic E-state index is 5.83. The van der Waals surface area contributed by atoms with Crippen LogP contribution >= 0.6 is 0 Å². The highest BCUT2D eigenvalue weighted by Gasteiger charge is 2.03. The monoisotopic (exact) mass is 236 g/mol. The summed E-state index contributed by atoms with van der Waals surface area (Å²) in [6.45, 7) is 0.679. The molecule has 0 radical (unpaired) electrons. The Labute approximate surface area is 106 Å². The lowest BCUT2D eigenvalue weighted by atomic mass is 9.98. The molecule has 3 aromatic rings. The average Bonchev–Trinajstić information content (AvgIpc) is 2.37. The van der Waals surface area contributed by atoms with Crippen LogP contribution in [-0.4, -0.2) is 6.54 Å². The van der Waals surface area contributed by atoms with E-state index in [0.717, 1.165) is 12.1 Å². The standard InChI is InChI=1S/C16H16N2/c17-7-6-11-2-1-3-13-8-14-9-15(18)5-4-12(14)10-16(11)13/h1-5,8-10H,6-7,17-18H2. The summed E-state index contributed by atoms with van der Waals surface area (Å²) in [5, 5.41) is 4.95. The molecular weight excluding hydrogens is 220 g/mol. The Morgan fingerprint density at radius 2 is 1.72 bits per heavy atom. The third-order valence-corrected chi connectivity index (χ3v) is 3.37. The van der Waals surface area contributed by atoms with Gasteiger partial charge in [0, 0.05) is 5.69 Å². The smallest absolute Gasteiger partial charge is 0.0320 e. The van der Waals surface area contributed by atoms with Gasteiger partial charge < -0.3 is 11.5 Å². The van der Waals surface area contributed by atoms with Crippen LogP contribution in [0.1, 0.15) is 5.56 Å². The zero-order valence-electron chi connectivity index (χ0n) is 10.2. The first-order valence-corrected chi connectivity index (χ1v) is 6.19. The molecule has 18 heavy (non-hydrogen) atoms. The van der Waals surface area contributed by atoms with E-state index < -0.39 is 0 Å². The Bertz CT molecular complexity index is 717. The third-order valence-electron chi connectivity index (χ3n) is 3.37. The first-order chi connectivity index (χ1) is 8.78. The Kier molecular flexibility index (Phi) is 2.65. The van der Waals surface area contributed by atoms with Gasteiger partial charge in [0.15, 0.2) is 0 Å². The zero-order valence-corrected chi connectivity index (χ0v) is 10.2. The number of hydrogen-bond acceptors (Lipinski definition) is 2. The van der Waals surface area contributed by atoms with Gasteiger partial charge in [0.05, 0.1) is 0 Å². The first-order valence-electron chi connectivity index (χ1n) is 6.19. The molecular formula is C16H16N2. The van der Waals surface area contributed by atoms with Crippen molar-refractivity contribution in [2.24, 2.45) is 5.73 Å². The summed E-state index contributed by atoms with van der Waals surface area (Å²) in [4.78, 5) is 0. The highest BCUT2D eigenvalue weighted by atomic mass is 14.5. The molecule has 0 saturated carbocycles. The Hall–Kier alpha value is -2.06. The number of anilines is 1. The minimum absolute atomic E-state index is 0.679. The fraction of sp³-hybridized carbons (Fsp3) is 0.125. The highest BCUT2D eigenvalue weighted by Crippen LogP contribution is 2.27. The zero-order chi connectivity index (χ0) is 12.5. The van der Waals surface area contributed by atoms with Gasteiger partial charge in [-0.3, -0.25) is 0 Å². The van der Waals surface area contributed by atoms with Crippen LogP contribution in [0.2, 0.25) is 0 Å². The molecule has 0 heterocycles. The lowest BCUT2D eigenvalue weighted by Gasteiger charge is -2.08. The van der Waals surface area contributed by atoms with Crippen molar-refractivity contribution in [2.45, 2.75) is 6.42 Å². The van der Waals surface area contributed by atoms with Crippen molar-refractivity contribution in [2.75, 3.05) is 12.3 Å². The SMILES string of the molecule is NCCc1cccc2cc3cc(N)ccc3cc12. The van der Waals surface area contributed by atoms with Gasteiger partial charge in [0.2, 0.25) is 0 Å². The molecule has 0 aliphatic carbocycles. The van der Waals surface area contributed by atoms with Crippen LogP contribution in [0.25, 0.3) is 21.5 Å². The van der Waals surface area contributed by atoms with Crippen molar-refractivity contribution in [1.29, 1.82) is 0 Å². The molecule has 2 nitrogen and oxygen atoms in total. The molecule has 0 atom stereocenters. The topological polar surface area (TPSA) is 52.0 Å². The summed E-state index contributed by atoms with van der Waals surface area (Å²) in [6.07, 6.45) is 0.915. The summed E-state index contributed by atoms with van der Waals surface area (Å²) in [6, 6.07) is 16.8. The van der Waals surface area contributed by atoms with E-state index in [9.17, 15) is 0 Å². The Balaban J connectivity index is 2.33. The molecule has 3 aromatic carbocycles. The molecule has 0 spiro atoms. The van der Waals surface area contributed by atoms with E-state index >= 15 is 0 Å². The molecule has 0 aliphatic rings. The van der Waals surface area contributed by atoms with Crippen molar-refractivity contribution in [3.8, 4) is 0 Å². The molecule has 0 unspecified atom stereocenters. The van der Waals surface area contributed by atoms with E-state index in [-0.39, 0.29) is 0 Å². The number of nitrogen functional groups attached to an aromatic ring is 1. The molecule has 0 fully saturated rings. The van der Waals surface area contributed by atoms with Gasteiger partial charge in [0.1, 0.15) is 0 Å². The normalized spacial score (nSPS) is 11.2. The van der Waals surface area contributed by atoms with Crippen molar-refractivity contribution in [3.05, 3.63) is 54.1 Å². The summed E-state index contributed by atoms with van der Waals surface area (Å²) in [5.41, 5.74) is 13.6. The van der Waals surface area contributed by atoms with Gasteiger partial charge >= 0.3 is 0 Å². The fourth-order valence-electron chi connectivity index (χ4n) is 2.48. The highest BCUT2D eigenvalue weighted by molar-refractivity contribution is 6.00. The number of fused-ring (bicyclic) bond motifs is 2. The Morgan fingerprint density at radius 1 is 0.833 bits per heavy atom. The molecule has 90 valence electrons. The van der Waals surface area contributed by atoms with Gasteiger partial charge in [0.25, 0.3) is 0 Å². The summed E-state index contributed by atoms with van der Waals surface area (Å²) < 4.78 is 0.